The first-order valence-electron chi connectivity index (χ1n) is 6.22. The molecule has 8 heteroatoms. The molecule has 0 aliphatic carbocycles. The fourth-order valence-corrected chi connectivity index (χ4v) is 3.85. The Balaban J connectivity index is 2.04. The zero-order valence-electron chi connectivity index (χ0n) is 11.4. The number of aromatic nitrogens is 2. The lowest BCUT2D eigenvalue weighted by molar-refractivity contribution is -0.115. The number of carbonyl (C=O) groups is 1. The molecule has 2 rings (SSSR count). The molecular weight excluding hydrogens is 349 g/mol. The van der Waals surface area contributed by atoms with Gasteiger partial charge in [0, 0.05) is 5.69 Å². The van der Waals surface area contributed by atoms with Gasteiger partial charge in [0.2, 0.25) is 5.91 Å². The summed E-state index contributed by atoms with van der Waals surface area (Å²) >= 11 is 14.7. The minimum absolute atomic E-state index is 0.0891. The van der Waals surface area contributed by atoms with Gasteiger partial charge in [-0.15, -0.1) is 10.2 Å². The van der Waals surface area contributed by atoms with Gasteiger partial charge in [-0.3, -0.25) is 4.79 Å². The van der Waals surface area contributed by atoms with E-state index in [1.807, 2.05) is 13.8 Å². The van der Waals surface area contributed by atoms with Gasteiger partial charge in [0.1, 0.15) is 5.01 Å². The first-order chi connectivity index (χ1) is 9.99. The molecule has 2 aromatic rings. The van der Waals surface area contributed by atoms with Crippen LogP contribution in [0, 0.1) is 6.92 Å². The Bertz CT molecular complexity index is 648. The quantitative estimate of drug-likeness (QED) is 0.786. The summed E-state index contributed by atoms with van der Waals surface area (Å²) in [5.41, 5.74) is 0.627. The van der Waals surface area contributed by atoms with Crippen LogP contribution in [0.5, 0.6) is 0 Å². The van der Waals surface area contributed by atoms with Crippen LogP contribution in [0.15, 0.2) is 22.5 Å². The monoisotopic (exact) mass is 361 g/mol. The molecule has 0 radical (unpaired) electrons. The summed E-state index contributed by atoms with van der Waals surface area (Å²) in [5, 5.41) is 12.4. The summed E-state index contributed by atoms with van der Waals surface area (Å²) in [7, 11) is 0. The first kappa shape index (κ1) is 16.5. The number of rotatable bonds is 5. The van der Waals surface area contributed by atoms with Crippen LogP contribution in [0.25, 0.3) is 0 Å². The standard InChI is InChI=1S/C13H13Cl2N3OS2/c1-3-11(21-13-18-17-7(2)20-13)12(19)16-8-4-5-9(14)10(15)6-8/h4-6,11H,3H2,1-2H3,(H,16,19). The summed E-state index contributed by atoms with van der Waals surface area (Å²) in [4.78, 5) is 12.3. The Kier molecular flexibility index (Phi) is 5.87. The Morgan fingerprint density at radius 1 is 1.38 bits per heavy atom. The number of aryl methyl sites for hydroxylation is 1. The Hall–Kier alpha value is -0.820. The van der Waals surface area contributed by atoms with Crippen LogP contribution < -0.4 is 5.32 Å². The van der Waals surface area contributed by atoms with Crippen molar-refractivity contribution >= 4 is 57.9 Å². The van der Waals surface area contributed by atoms with Crippen LogP contribution in [0.3, 0.4) is 0 Å². The van der Waals surface area contributed by atoms with Crippen LogP contribution >= 0.6 is 46.3 Å². The Morgan fingerprint density at radius 2 is 2.14 bits per heavy atom. The molecule has 0 fully saturated rings. The smallest absolute Gasteiger partial charge is 0.237 e. The third kappa shape index (κ3) is 4.57. The average Bonchev–Trinajstić information content (AvgIpc) is 2.85. The maximum Gasteiger partial charge on any atom is 0.237 e. The topological polar surface area (TPSA) is 54.9 Å². The second kappa shape index (κ2) is 7.45. The van der Waals surface area contributed by atoms with E-state index >= 15 is 0 Å². The molecule has 1 atom stereocenters. The highest BCUT2D eigenvalue weighted by Crippen LogP contribution is 2.30. The average molecular weight is 362 g/mol. The summed E-state index contributed by atoms with van der Waals surface area (Å²) in [6.45, 7) is 3.85. The van der Waals surface area contributed by atoms with Crippen molar-refractivity contribution in [2.45, 2.75) is 29.9 Å². The first-order valence-corrected chi connectivity index (χ1v) is 8.67. The summed E-state index contributed by atoms with van der Waals surface area (Å²) in [6.07, 6.45) is 0.691. The molecule has 1 heterocycles. The highest BCUT2D eigenvalue weighted by atomic mass is 35.5. The third-order valence-electron chi connectivity index (χ3n) is 2.60. The molecule has 112 valence electrons. The fraction of sp³-hybridized carbons (Fsp3) is 0.308. The second-order valence-electron chi connectivity index (χ2n) is 4.22. The molecule has 4 nitrogen and oxygen atoms in total. The van der Waals surface area contributed by atoms with Crippen LogP contribution in [-0.4, -0.2) is 21.4 Å². The number of nitrogens with zero attached hydrogens (tertiary/aromatic N) is 2. The number of anilines is 1. The largest absolute Gasteiger partial charge is 0.325 e. The number of hydrogen-bond acceptors (Lipinski definition) is 5. The molecule has 1 N–H and O–H groups in total. The normalized spacial score (nSPS) is 12.2. The van der Waals surface area contributed by atoms with E-state index in [2.05, 4.69) is 15.5 Å². The maximum absolute atomic E-state index is 12.3. The van der Waals surface area contributed by atoms with E-state index in [1.54, 1.807) is 18.2 Å². The van der Waals surface area contributed by atoms with Crippen LogP contribution in [0.4, 0.5) is 5.69 Å². The molecule has 1 amide bonds. The molecule has 1 aromatic carbocycles. The van der Waals surface area contributed by atoms with Crippen molar-refractivity contribution in [2.24, 2.45) is 0 Å². The van der Waals surface area contributed by atoms with Crippen molar-refractivity contribution in [3.8, 4) is 0 Å². The number of carbonyl (C=O) groups excluding carboxylic acids is 1. The van der Waals surface area contributed by atoms with Crippen molar-refractivity contribution < 1.29 is 4.79 Å². The van der Waals surface area contributed by atoms with E-state index in [1.165, 1.54) is 23.1 Å². The van der Waals surface area contributed by atoms with E-state index in [0.29, 0.717) is 22.2 Å². The van der Waals surface area contributed by atoms with E-state index in [0.717, 1.165) is 9.35 Å². The van der Waals surface area contributed by atoms with Gasteiger partial charge in [0.05, 0.1) is 15.3 Å². The number of benzene rings is 1. The Morgan fingerprint density at radius 3 is 2.71 bits per heavy atom. The van der Waals surface area contributed by atoms with Crippen molar-refractivity contribution in [3.05, 3.63) is 33.3 Å². The molecular formula is C13H13Cl2N3OS2. The molecule has 0 aliphatic rings. The zero-order chi connectivity index (χ0) is 15.4. The summed E-state index contributed by atoms with van der Waals surface area (Å²) in [6, 6.07) is 5.01. The number of hydrogen-bond donors (Lipinski definition) is 1. The van der Waals surface area contributed by atoms with Gasteiger partial charge in [0.25, 0.3) is 0 Å². The van der Waals surface area contributed by atoms with Crippen LogP contribution in [0.2, 0.25) is 10.0 Å². The minimum atomic E-state index is -0.230. The van der Waals surface area contributed by atoms with E-state index in [9.17, 15) is 4.79 Å². The van der Waals surface area contributed by atoms with Gasteiger partial charge in [-0.05, 0) is 31.5 Å². The molecule has 0 aliphatic heterocycles. The predicted molar refractivity (Wildman–Crippen MR) is 89.7 cm³/mol. The third-order valence-corrected chi connectivity index (χ3v) is 5.63. The summed E-state index contributed by atoms with van der Waals surface area (Å²) < 4.78 is 0.795. The van der Waals surface area contributed by atoms with Crippen molar-refractivity contribution in [2.75, 3.05) is 5.32 Å². The van der Waals surface area contributed by atoms with Gasteiger partial charge in [-0.2, -0.15) is 0 Å². The highest BCUT2D eigenvalue weighted by Gasteiger charge is 2.20. The van der Waals surface area contributed by atoms with Crippen molar-refractivity contribution in [1.82, 2.24) is 10.2 Å². The predicted octanol–water partition coefficient (Wildman–Crippen LogP) is 4.66. The van der Waals surface area contributed by atoms with Gasteiger partial charge in [-0.25, -0.2) is 0 Å². The van der Waals surface area contributed by atoms with Gasteiger partial charge in [-0.1, -0.05) is 53.2 Å². The zero-order valence-corrected chi connectivity index (χ0v) is 14.5. The van der Waals surface area contributed by atoms with E-state index in [-0.39, 0.29) is 11.2 Å². The van der Waals surface area contributed by atoms with Crippen molar-refractivity contribution in [1.29, 1.82) is 0 Å². The minimum Gasteiger partial charge on any atom is -0.325 e. The molecule has 0 bridgehead atoms. The van der Waals surface area contributed by atoms with Gasteiger partial charge >= 0.3 is 0 Å². The lowest BCUT2D eigenvalue weighted by atomic mass is 10.2. The van der Waals surface area contributed by atoms with Crippen LogP contribution in [0.1, 0.15) is 18.4 Å². The van der Waals surface area contributed by atoms with Crippen molar-refractivity contribution in [3.63, 3.8) is 0 Å². The maximum atomic E-state index is 12.3. The number of nitrogens with one attached hydrogen (secondary N) is 1. The SMILES string of the molecule is CCC(Sc1nnc(C)s1)C(=O)Nc1ccc(Cl)c(Cl)c1. The number of amides is 1. The lowest BCUT2D eigenvalue weighted by Crippen LogP contribution is -2.24. The summed E-state index contributed by atoms with van der Waals surface area (Å²) in [5.74, 6) is -0.0891. The molecule has 21 heavy (non-hydrogen) atoms. The molecule has 0 spiro atoms. The highest BCUT2D eigenvalue weighted by molar-refractivity contribution is 8.02. The number of halogens is 2. The van der Waals surface area contributed by atoms with Gasteiger partial charge < -0.3 is 5.32 Å². The molecule has 1 unspecified atom stereocenters. The number of thioether (sulfide) groups is 1. The fourth-order valence-electron chi connectivity index (χ4n) is 1.57. The lowest BCUT2D eigenvalue weighted by Gasteiger charge is -2.13. The van der Waals surface area contributed by atoms with E-state index in [4.69, 9.17) is 23.2 Å². The van der Waals surface area contributed by atoms with E-state index < -0.39 is 0 Å². The molecule has 0 saturated heterocycles. The molecule has 1 aromatic heterocycles. The molecule has 0 saturated carbocycles. The Labute approximate surface area is 141 Å². The second-order valence-corrected chi connectivity index (χ2v) is 7.67. The van der Waals surface area contributed by atoms with Crippen LogP contribution in [-0.2, 0) is 4.79 Å². The van der Waals surface area contributed by atoms with Gasteiger partial charge in [0.15, 0.2) is 4.34 Å².